The van der Waals surface area contributed by atoms with Crippen LogP contribution in [0.1, 0.15) is 13.3 Å². The molecule has 1 atom stereocenters. The van der Waals surface area contributed by atoms with Crippen molar-refractivity contribution in [2.75, 3.05) is 5.73 Å². The summed E-state index contributed by atoms with van der Waals surface area (Å²) in [5.74, 6) is -0.769. The quantitative estimate of drug-likeness (QED) is 0.592. The van der Waals surface area contributed by atoms with Crippen LogP contribution in [0.4, 0.5) is 5.69 Å². The van der Waals surface area contributed by atoms with Gasteiger partial charge in [0.25, 0.3) is 0 Å². The van der Waals surface area contributed by atoms with E-state index in [1.165, 1.54) is 11.8 Å². The molecule has 0 saturated carbocycles. The zero-order valence-corrected chi connectivity index (χ0v) is 8.75. The van der Waals surface area contributed by atoms with Crippen molar-refractivity contribution in [1.29, 1.82) is 0 Å². The molecule has 3 N–H and O–H groups in total. The molecule has 14 heavy (non-hydrogen) atoms. The summed E-state index contributed by atoms with van der Waals surface area (Å²) in [6, 6.07) is 7.23. The lowest BCUT2D eigenvalue weighted by atomic mass is 10.3. The summed E-state index contributed by atoms with van der Waals surface area (Å²) in [6.07, 6.45) is 0.615. The number of nitrogen functional groups attached to an aromatic ring is 1. The van der Waals surface area contributed by atoms with Gasteiger partial charge in [-0.15, -0.1) is 11.8 Å². The van der Waals surface area contributed by atoms with Crippen LogP contribution in [0, 0.1) is 0 Å². The van der Waals surface area contributed by atoms with E-state index in [4.69, 9.17) is 10.8 Å². The van der Waals surface area contributed by atoms with Crippen molar-refractivity contribution in [3.63, 3.8) is 0 Å². The molecule has 4 heteroatoms. The first-order chi connectivity index (χ1) is 6.63. The van der Waals surface area contributed by atoms with Crippen LogP contribution in [-0.2, 0) is 4.79 Å². The molecule has 0 bridgehead atoms. The minimum atomic E-state index is -0.769. The molecule has 0 fully saturated rings. The summed E-state index contributed by atoms with van der Waals surface area (Å²) >= 11 is 1.35. The van der Waals surface area contributed by atoms with Gasteiger partial charge in [-0.3, -0.25) is 4.79 Å². The summed E-state index contributed by atoms with van der Waals surface area (Å²) < 4.78 is 0. The number of carboxylic acid groups (broad SMARTS) is 1. The molecule has 0 unspecified atom stereocenters. The number of carboxylic acids is 1. The molecule has 0 saturated heterocycles. The highest BCUT2D eigenvalue weighted by molar-refractivity contribution is 8.00. The highest BCUT2D eigenvalue weighted by Crippen LogP contribution is 2.26. The Morgan fingerprint density at radius 3 is 2.50 bits per heavy atom. The van der Waals surface area contributed by atoms with Crippen LogP contribution in [0.5, 0.6) is 0 Å². The largest absolute Gasteiger partial charge is 0.480 e. The van der Waals surface area contributed by atoms with E-state index in [-0.39, 0.29) is 5.25 Å². The normalized spacial score (nSPS) is 12.4. The van der Waals surface area contributed by atoms with E-state index in [2.05, 4.69) is 0 Å². The summed E-state index contributed by atoms with van der Waals surface area (Å²) in [6.45, 7) is 1.86. The molecule has 0 spiro atoms. The third-order valence-electron chi connectivity index (χ3n) is 1.80. The molecule has 3 nitrogen and oxygen atoms in total. The predicted molar refractivity (Wildman–Crippen MR) is 58.4 cm³/mol. The zero-order chi connectivity index (χ0) is 10.6. The predicted octanol–water partition coefficient (Wildman–Crippen LogP) is 2.22. The Morgan fingerprint density at radius 1 is 1.50 bits per heavy atom. The van der Waals surface area contributed by atoms with E-state index in [9.17, 15) is 4.79 Å². The number of hydrogen-bond acceptors (Lipinski definition) is 3. The molecule has 1 rings (SSSR count). The van der Waals surface area contributed by atoms with Crippen molar-refractivity contribution >= 4 is 23.4 Å². The van der Waals surface area contributed by atoms with Gasteiger partial charge in [0.2, 0.25) is 0 Å². The van der Waals surface area contributed by atoms with Gasteiger partial charge in [-0.05, 0) is 30.7 Å². The molecule has 0 aliphatic heterocycles. The van der Waals surface area contributed by atoms with Gasteiger partial charge in [0.1, 0.15) is 5.25 Å². The summed E-state index contributed by atoms with van der Waals surface area (Å²) in [5.41, 5.74) is 6.22. The zero-order valence-electron chi connectivity index (χ0n) is 7.93. The maximum atomic E-state index is 10.8. The van der Waals surface area contributed by atoms with E-state index in [1.54, 1.807) is 12.1 Å². The number of hydrogen-bond donors (Lipinski definition) is 2. The summed E-state index contributed by atoms with van der Waals surface area (Å²) in [4.78, 5) is 11.7. The second-order valence-corrected chi connectivity index (χ2v) is 4.20. The topological polar surface area (TPSA) is 63.3 Å². The minimum Gasteiger partial charge on any atom is -0.480 e. The Labute approximate surface area is 87.3 Å². The Bertz CT molecular complexity index is 310. The molecule has 0 radical (unpaired) electrons. The third-order valence-corrected chi connectivity index (χ3v) is 3.17. The van der Waals surface area contributed by atoms with Crippen molar-refractivity contribution in [3.05, 3.63) is 24.3 Å². The maximum absolute atomic E-state index is 10.8. The van der Waals surface area contributed by atoms with Crippen molar-refractivity contribution in [3.8, 4) is 0 Å². The number of anilines is 1. The molecule has 1 aromatic rings. The average molecular weight is 211 g/mol. The molecule has 0 amide bonds. The molecule has 0 heterocycles. The highest BCUT2D eigenvalue weighted by atomic mass is 32.2. The Morgan fingerprint density at radius 2 is 2.07 bits per heavy atom. The lowest BCUT2D eigenvalue weighted by Crippen LogP contribution is -2.14. The van der Waals surface area contributed by atoms with Crippen LogP contribution in [0.15, 0.2) is 29.2 Å². The van der Waals surface area contributed by atoms with Gasteiger partial charge in [-0.2, -0.15) is 0 Å². The van der Waals surface area contributed by atoms with E-state index >= 15 is 0 Å². The number of thioether (sulfide) groups is 1. The maximum Gasteiger partial charge on any atom is 0.316 e. The molecule has 76 valence electrons. The molecular weight excluding hydrogens is 198 g/mol. The lowest BCUT2D eigenvalue weighted by molar-refractivity contribution is -0.136. The Balaban J connectivity index is 2.67. The van der Waals surface area contributed by atoms with Crippen molar-refractivity contribution in [1.82, 2.24) is 0 Å². The van der Waals surface area contributed by atoms with Gasteiger partial charge >= 0.3 is 5.97 Å². The molecular formula is C10H13NO2S. The summed E-state index contributed by atoms with van der Waals surface area (Å²) in [5, 5.41) is 8.47. The van der Waals surface area contributed by atoms with E-state index in [0.717, 1.165) is 4.90 Å². The van der Waals surface area contributed by atoms with Gasteiger partial charge < -0.3 is 10.8 Å². The third kappa shape index (κ3) is 2.96. The number of carbonyl (C=O) groups is 1. The number of benzene rings is 1. The fraction of sp³-hybridized carbons (Fsp3) is 0.300. The van der Waals surface area contributed by atoms with E-state index in [0.29, 0.717) is 12.1 Å². The number of aliphatic carboxylic acids is 1. The number of nitrogens with two attached hydrogens (primary N) is 1. The lowest BCUT2D eigenvalue weighted by Gasteiger charge is -2.08. The van der Waals surface area contributed by atoms with Gasteiger partial charge in [-0.1, -0.05) is 6.92 Å². The average Bonchev–Trinajstić information content (AvgIpc) is 2.16. The van der Waals surface area contributed by atoms with Crippen LogP contribution in [-0.4, -0.2) is 16.3 Å². The molecule has 1 aromatic carbocycles. The first-order valence-corrected chi connectivity index (χ1v) is 5.26. The van der Waals surface area contributed by atoms with Gasteiger partial charge in [0, 0.05) is 10.6 Å². The first kappa shape index (κ1) is 10.9. The van der Waals surface area contributed by atoms with Gasteiger partial charge in [0.05, 0.1) is 0 Å². The Hall–Kier alpha value is -1.16. The molecule has 0 aliphatic rings. The van der Waals surface area contributed by atoms with Crippen LogP contribution < -0.4 is 5.73 Å². The molecule has 0 aliphatic carbocycles. The molecule has 0 aromatic heterocycles. The second kappa shape index (κ2) is 4.91. The smallest absolute Gasteiger partial charge is 0.316 e. The van der Waals surface area contributed by atoms with Crippen LogP contribution >= 0.6 is 11.8 Å². The van der Waals surface area contributed by atoms with Crippen LogP contribution in [0.2, 0.25) is 0 Å². The van der Waals surface area contributed by atoms with E-state index < -0.39 is 5.97 Å². The fourth-order valence-corrected chi connectivity index (χ4v) is 1.91. The summed E-state index contributed by atoms with van der Waals surface area (Å²) in [7, 11) is 0. The van der Waals surface area contributed by atoms with Crippen molar-refractivity contribution in [2.45, 2.75) is 23.5 Å². The first-order valence-electron chi connectivity index (χ1n) is 4.38. The van der Waals surface area contributed by atoms with Gasteiger partial charge in [0.15, 0.2) is 0 Å². The SMILES string of the molecule is CC[C@H](Sc1ccc(N)cc1)C(=O)O. The standard InChI is InChI=1S/C10H13NO2S/c1-2-9(10(12)13)14-8-5-3-7(11)4-6-8/h3-6,9H,2,11H2,1H3,(H,12,13)/t9-/m0/s1. The monoisotopic (exact) mass is 211 g/mol. The van der Waals surface area contributed by atoms with E-state index in [1.807, 2.05) is 19.1 Å². The Kier molecular flexibility index (Phi) is 3.83. The highest BCUT2D eigenvalue weighted by Gasteiger charge is 2.15. The minimum absolute atomic E-state index is 0.376. The van der Waals surface area contributed by atoms with Crippen molar-refractivity contribution in [2.24, 2.45) is 0 Å². The fourth-order valence-electron chi connectivity index (χ4n) is 1.02. The van der Waals surface area contributed by atoms with Crippen LogP contribution in [0.3, 0.4) is 0 Å². The van der Waals surface area contributed by atoms with Crippen molar-refractivity contribution < 1.29 is 9.90 Å². The van der Waals surface area contributed by atoms with Crippen LogP contribution in [0.25, 0.3) is 0 Å². The number of rotatable bonds is 4. The van der Waals surface area contributed by atoms with Gasteiger partial charge in [-0.25, -0.2) is 0 Å². The second-order valence-electron chi connectivity index (χ2n) is 2.92.